The molecule has 0 saturated carbocycles. The molecule has 7 heteroatoms. The van der Waals surface area contributed by atoms with Gasteiger partial charge in [-0.15, -0.1) is 0 Å². The van der Waals surface area contributed by atoms with Gasteiger partial charge in [0.2, 0.25) is 0 Å². The third-order valence-corrected chi connectivity index (χ3v) is 8.31. The Morgan fingerprint density at radius 3 is 2.70 bits per heavy atom. The summed E-state index contributed by atoms with van der Waals surface area (Å²) in [7, 11) is -2.02. The average Bonchev–Trinajstić information content (AvgIpc) is 3.28. The van der Waals surface area contributed by atoms with E-state index in [-0.39, 0.29) is 22.8 Å². The van der Waals surface area contributed by atoms with Gasteiger partial charge in [0, 0.05) is 27.3 Å². The summed E-state index contributed by atoms with van der Waals surface area (Å²) >= 11 is 3.59. The number of hydrogen-bond acceptors (Lipinski definition) is 4. The Balaban J connectivity index is 1.51. The second kappa shape index (κ2) is 8.54. The van der Waals surface area contributed by atoms with Crippen LogP contribution in [0.3, 0.4) is 0 Å². The highest BCUT2D eigenvalue weighted by Crippen LogP contribution is 2.51. The van der Waals surface area contributed by atoms with Crippen molar-refractivity contribution in [2.24, 2.45) is 5.92 Å². The Labute approximate surface area is 203 Å². The van der Waals surface area contributed by atoms with Crippen LogP contribution in [-0.4, -0.2) is 15.5 Å². The monoisotopic (exact) mass is 524 g/mol. The number of sulfonamides is 1. The Morgan fingerprint density at radius 1 is 1.06 bits per heavy atom. The number of benzene rings is 3. The fourth-order valence-electron chi connectivity index (χ4n) is 4.92. The van der Waals surface area contributed by atoms with Crippen LogP contribution in [0.1, 0.15) is 35.1 Å². The first-order chi connectivity index (χ1) is 15.9. The highest BCUT2D eigenvalue weighted by atomic mass is 79.9. The summed E-state index contributed by atoms with van der Waals surface area (Å²) < 4.78 is 35.6. The highest BCUT2D eigenvalue weighted by Gasteiger charge is 2.39. The molecule has 0 fully saturated rings. The molecule has 0 saturated heterocycles. The van der Waals surface area contributed by atoms with Crippen molar-refractivity contribution in [3.8, 4) is 5.75 Å². The van der Waals surface area contributed by atoms with Crippen molar-refractivity contribution < 1.29 is 13.2 Å². The van der Waals surface area contributed by atoms with Gasteiger partial charge in [0.15, 0.2) is 0 Å². The van der Waals surface area contributed by atoms with E-state index < -0.39 is 10.0 Å². The van der Waals surface area contributed by atoms with Crippen molar-refractivity contribution in [3.05, 3.63) is 94.0 Å². The first kappa shape index (κ1) is 22.0. The van der Waals surface area contributed by atoms with Crippen LogP contribution in [0.25, 0.3) is 0 Å². The molecule has 1 aliphatic heterocycles. The van der Waals surface area contributed by atoms with E-state index in [1.807, 2.05) is 49.4 Å². The highest BCUT2D eigenvalue weighted by molar-refractivity contribution is 9.10. The number of nitrogens with one attached hydrogen (secondary N) is 2. The normalized spacial score (nSPS) is 21.1. The number of halogens is 1. The molecule has 5 rings (SSSR count). The molecule has 0 spiro atoms. The molecule has 170 valence electrons. The molecule has 1 heterocycles. The van der Waals surface area contributed by atoms with E-state index in [0.717, 1.165) is 39.0 Å². The van der Waals surface area contributed by atoms with Gasteiger partial charge >= 0.3 is 0 Å². The van der Waals surface area contributed by atoms with Crippen molar-refractivity contribution in [1.82, 2.24) is 0 Å². The second-order valence-corrected chi connectivity index (χ2v) is 11.2. The molecule has 2 N–H and O–H groups in total. The topological polar surface area (TPSA) is 67.4 Å². The predicted molar refractivity (Wildman–Crippen MR) is 135 cm³/mol. The molecule has 33 heavy (non-hydrogen) atoms. The van der Waals surface area contributed by atoms with E-state index in [1.165, 1.54) is 0 Å². The van der Waals surface area contributed by atoms with Crippen LogP contribution >= 0.6 is 15.9 Å². The first-order valence-corrected chi connectivity index (χ1v) is 13.1. The lowest BCUT2D eigenvalue weighted by Gasteiger charge is -2.38. The second-order valence-electron chi connectivity index (χ2n) is 8.59. The molecule has 0 unspecified atom stereocenters. The van der Waals surface area contributed by atoms with Gasteiger partial charge in [-0.25, -0.2) is 8.42 Å². The fourth-order valence-corrected chi connectivity index (χ4v) is 6.38. The van der Waals surface area contributed by atoms with Crippen LogP contribution in [0, 0.1) is 12.8 Å². The minimum absolute atomic E-state index is 0.0535. The summed E-state index contributed by atoms with van der Waals surface area (Å²) in [4.78, 5) is 0.266. The number of methoxy groups -OCH3 is 1. The Kier molecular flexibility index (Phi) is 5.70. The number of aryl methyl sites for hydroxylation is 1. The van der Waals surface area contributed by atoms with E-state index >= 15 is 0 Å². The van der Waals surface area contributed by atoms with E-state index in [1.54, 1.807) is 19.2 Å². The molecular weight excluding hydrogens is 500 g/mol. The van der Waals surface area contributed by atoms with Gasteiger partial charge in [0.25, 0.3) is 10.0 Å². The standard InChI is InChI=1S/C26H25BrN2O3S/c1-16-5-3-6-18(13-16)29-33(30,31)19-10-11-24-22(15-19)20-7-4-8-21(20)26(28-24)23-14-17(27)9-12-25(23)32-2/h3-7,9-15,20-21,26,28-29H,8H2,1-2H3/t20-,21-,26+/m0/s1. The smallest absolute Gasteiger partial charge is 0.261 e. The third-order valence-electron chi connectivity index (χ3n) is 6.44. The van der Waals surface area contributed by atoms with Crippen LogP contribution in [0.2, 0.25) is 0 Å². The Bertz CT molecular complexity index is 1350. The maximum Gasteiger partial charge on any atom is 0.261 e. The average molecular weight is 525 g/mol. The molecule has 1 aliphatic carbocycles. The van der Waals surface area contributed by atoms with Gasteiger partial charge in [-0.2, -0.15) is 0 Å². The summed E-state index contributed by atoms with van der Waals surface area (Å²) in [6.45, 7) is 1.94. The zero-order valence-electron chi connectivity index (χ0n) is 18.4. The van der Waals surface area contributed by atoms with E-state index in [9.17, 15) is 8.42 Å². The van der Waals surface area contributed by atoms with E-state index in [0.29, 0.717) is 5.69 Å². The fraction of sp³-hybridized carbons (Fsp3) is 0.231. The van der Waals surface area contributed by atoms with Gasteiger partial charge in [0.1, 0.15) is 5.75 Å². The molecule has 3 atom stereocenters. The lowest BCUT2D eigenvalue weighted by Crippen LogP contribution is -2.29. The number of ether oxygens (including phenoxy) is 1. The van der Waals surface area contributed by atoms with Crippen molar-refractivity contribution >= 4 is 37.3 Å². The van der Waals surface area contributed by atoms with Gasteiger partial charge in [-0.1, -0.05) is 40.2 Å². The molecule has 2 aliphatic rings. The summed E-state index contributed by atoms with van der Waals surface area (Å²) in [5.74, 6) is 1.23. The molecule has 0 amide bonds. The molecule has 5 nitrogen and oxygen atoms in total. The molecule has 0 aromatic heterocycles. The SMILES string of the molecule is COc1ccc(Br)cc1[C@@H]1Nc2ccc(S(=O)(=O)Nc3cccc(C)c3)cc2[C@H]2C=CC[C@@H]21. The minimum Gasteiger partial charge on any atom is -0.496 e. The van der Waals surface area contributed by atoms with Crippen LogP contribution in [0.4, 0.5) is 11.4 Å². The number of anilines is 2. The van der Waals surface area contributed by atoms with E-state index in [4.69, 9.17) is 4.74 Å². The summed E-state index contributed by atoms with van der Waals surface area (Å²) in [6, 6.07) is 18.8. The van der Waals surface area contributed by atoms with Gasteiger partial charge < -0.3 is 10.1 Å². The molecule has 0 bridgehead atoms. The lowest BCUT2D eigenvalue weighted by atomic mass is 9.77. The van der Waals surface area contributed by atoms with E-state index in [2.05, 4.69) is 44.2 Å². The summed E-state index contributed by atoms with van der Waals surface area (Å²) in [5, 5.41) is 3.67. The van der Waals surface area contributed by atoms with Crippen LogP contribution < -0.4 is 14.8 Å². The van der Waals surface area contributed by atoms with Crippen molar-refractivity contribution in [2.75, 3.05) is 17.1 Å². The number of fused-ring (bicyclic) bond motifs is 3. The summed E-state index contributed by atoms with van der Waals surface area (Å²) in [6.07, 6.45) is 5.30. The van der Waals surface area contributed by atoms with Crippen molar-refractivity contribution in [1.29, 1.82) is 0 Å². The van der Waals surface area contributed by atoms with Crippen molar-refractivity contribution in [2.45, 2.75) is 30.2 Å². The van der Waals surface area contributed by atoms with Gasteiger partial charge in [0.05, 0.1) is 18.0 Å². The number of allylic oxidation sites excluding steroid dienone is 2. The molecule has 3 aromatic rings. The number of rotatable bonds is 5. The van der Waals surface area contributed by atoms with Crippen LogP contribution in [0.5, 0.6) is 5.75 Å². The van der Waals surface area contributed by atoms with Crippen LogP contribution in [0.15, 0.2) is 82.2 Å². The molecule has 3 aromatic carbocycles. The maximum atomic E-state index is 13.1. The first-order valence-electron chi connectivity index (χ1n) is 10.9. The minimum atomic E-state index is -3.70. The predicted octanol–water partition coefficient (Wildman–Crippen LogP) is 6.39. The van der Waals surface area contributed by atoms with Gasteiger partial charge in [-0.05, 0) is 78.9 Å². The zero-order chi connectivity index (χ0) is 23.2. The van der Waals surface area contributed by atoms with Gasteiger partial charge in [-0.3, -0.25) is 4.72 Å². The summed E-state index contributed by atoms with van der Waals surface area (Å²) in [5.41, 5.74) is 4.61. The lowest BCUT2D eigenvalue weighted by molar-refractivity contribution is 0.381. The largest absolute Gasteiger partial charge is 0.496 e. The molecule has 0 radical (unpaired) electrons. The quantitative estimate of drug-likeness (QED) is 0.379. The maximum absolute atomic E-state index is 13.1. The van der Waals surface area contributed by atoms with Crippen molar-refractivity contribution in [3.63, 3.8) is 0 Å². The van der Waals surface area contributed by atoms with Crippen LogP contribution in [-0.2, 0) is 10.0 Å². The Morgan fingerprint density at radius 2 is 1.91 bits per heavy atom. The zero-order valence-corrected chi connectivity index (χ0v) is 20.8. The number of hydrogen-bond donors (Lipinski definition) is 2. The Hall–Kier alpha value is -2.77. The molecular formula is C26H25BrN2O3S. The third kappa shape index (κ3) is 4.15.